The van der Waals surface area contributed by atoms with Gasteiger partial charge in [0.15, 0.2) is 0 Å². The van der Waals surface area contributed by atoms with Gasteiger partial charge in [-0.1, -0.05) is 5.92 Å². The van der Waals surface area contributed by atoms with Gasteiger partial charge >= 0.3 is 12.1 Å². The molecule has 0 fully saturated rings. The molecule has 0 heterocycles. The third-order valence-electron chi connectivity index (χ3n) is 1.90. The van der Waals surface area contributed by atoms with Crippen LogP contribution in [0.4, 0.5) is 13.2 Å². The Labute approximate surface area is 101 Å². The predicted octanol–water partition coefficient (Wildman–Crippen LogP) is 1.96. The minimum Gasteiger partial charge on any atom is -0.459 e. The summed E-state index contributed by atoms with van der Waals surface area (Å²) >= 11 is 0. The van der Waals surface area contributed by atoms with E-state index in [1.54, 1.807) is 0 Å². The summed E-state index contributed by atoms with van der Waals surface area (Å²) in [6, 6.07) is 4.43. The number of methoxy groups -OCH3 is 1. The van der Waals surface area contributed by atoms with Crippen molar-refractivity contribution in [2.24, 2.45) is 0 Å². The number of alkyl halides is 3. The highest BCUT2D eigenvalue weighted by atomic mass is 19.4. The van der Waals surface area contributed by atoms with Crippen LogP contribution in [-0.4, -0.2) is 25.0 Å². The summed E-state index contributed by atoms with van der Waals surface area (Å²) < 4.78 is 40.6. The minimum absolute atomic E-state index is 0.305. The highest BCUT2D eigenvalue weighted by molar-refractivity contribution is 6.00. The van der Waals surface area contributed by atoms with Crippen LogP contribution in [0.1, 0.15) is 15.9 Å². The number of esters is 1. The van der Waals surface area contributed by atoms with E-state index in [9.17, 15) is 22.8 Å². The van der Waals surface area contributed by atoms with E-state index in [0.29, 0.717) is 5.56 Å². The number of carbonyl (C=O) groups excluding carboxylic acids is 2. The van der Waals surface area contributed by atoms with Gasteiger partial charge in [-0.3, -0.25) is 4.79 Å². The maximum Gasteiger partial charge on any atom is 0.454 e. The third kappa shape index (κ3) is 3.63. The van der Waals surface area contributed by atoms with Crippen molar-refractivity contribution < 1.29 is 27.5 Å². The molecule has 0 aliphatic rings. The monoisotopic (exact) mass is 256 g/mol. The molecule has 6 heteroatoms. The molecule has 0 spiro atoms. The predicted molar refractivity (Wildman–Crippen MR) is 55.7 cm³/mol. The summed E-state index contributed by atoms with van der Waals surface area (Å²) in [5.41, 5.74) is -0.176. The van der Waals surface area contributed by atoms with Crippen LogP contribution >= 0.6 is 0 Å². The highest BCUT2D eigenvalue weighted by Gasteiger charge is 2.39. The molecule has 0 radical (unpaired) electrons. The first-order valence-electron chi connectivity index (χ1n) is 4.66. The zero-order chi connectivity index (χ0) is 13.8. The van der Waals surface area contributed by atoms with E-state index in [2.05, 4.69) is 16.6 Å². The largest absolute Gasteiger partial charge is 0.459 e. The molecule has 0 saturated carbocycles. The number of hydrogen-bond donors (Lipinski definition) is 0. The van der Waals surface area contributed by atoms with E-state index in [1.165, 1.54) is 12.1 Å². The fourth-order valence-corrected chi connectivity index (χ4v) is 1.04. The lowest BCUT2D eigenvalue weighted by molar-refractivity contribution is -0.133. The topological polar surface area (TPSA) is 43.4 Å². The fraction of sp³-hybridized carbons (Fsp3) is 0.167. The Morgan fingerprint density at radius 3 is 2.17 bits per heavy atom. The first-order chi connectivity index (χ1) is 8.34. The summed E-state index contributed by atoms with van der Waals surface area (Å²) in [7, 11) is 1.15. The molecule has 0 amide bonds. The van der Waals surface area contributed by atoms with Gasteiger partial charge in [0.1, 0.15) is 0 Å². The molecule has 18 heavy (non-hydrogen) atoms. The van der Waals surface area contributed by atoms with Crippen molar-refractivity contribution in [1.82, 2.24) is 0 Å². The fourth-order valence-electron chi connectivity index (χ4n) is 1.04. The number of rotatable bonds is 1. The zero-order valence-electron chi connectivity index (χ0n) is 9.17. The molecule has 0 aliphatic carbocycles. The second-order valence-corrected chi connectivity index (χ2v) is 3.15. The molecule has 1 aromatic rings. The van der Waals surface area contributed by atoms with Crippen molar-refractivity contribution in [3.8, 4) is 11.8 Å². The number of Topliss-reactive ketones (excluding diaryl/α,β-unsaturated/α-hetero) is 1. The quantitative estimate of drug-likeness (QED) is 0.438. The maximum absolute atomic E-state index is 12.1. The average molecular weight is 256 g/mol. The van der Waals surface area contributed by atoms with Gasteiger partial charge in [0.05, 0.1) is 7.11 Å². The standard InChI is InChI=1S/C12H7F3O3/c1-18-10(16)7-4-8-2-5-9(6-3-8)11(17)12(13,14)15/h2-3,5-6H,1H3. The number of carbonyl (C=O) groups is 2. The number of hydrogen-bond acceptors (Lipinski definition) is 3. The summed E-state index contributed by atoms with van der Waals surface area (Å²) in [5.74, 6) is 1.81. The van der Waals surface area contributed by atoms with Crippen molar-refractivity contribution in [2.45, 2.75) is 6.18 Å². The molecule has 0 aliphatic heterocycles. The molecule has 0 N–H and O–H groups in total. The number of benzene rings is 1. The van der Waals surface area contributed by atoms with Crippen LogP contribution in [0, 0.1) is 11.8 Å². The van der Waals surface area contributed by atoms with Crippen molar-refractivity contribution in [3.05, 3.63) is 35.4 Å². The number of ketones is 1. The average Bonchev–Trinajstić information content (AvgIpc) is 2.34. The maximum atomic E-state index is 12.1. The molecular weight excluding hydrogens is 249 g/mol. The summed E-state index contributed by atoms with van der Waals surface area (Å²) in [6.45, 7) is 0. The van der Waals surface area contributed by atoms with Gasteiger partial charge in [0.2, 0.25) is 0 Å². The van der Waals surface area contributed by atoms with Crippen LogP contribution < -0.4 is 0 Å². The molecule has 0 saturated heterocycles. The molecule has 0 atom stereocenters. The van der Waals surface area contributed by atoms with Crippen LogP contribution in [-0.2, 0) is 9.53 Å². The van der Waals surface area contributed by atoms with Gasteiger partial charge in [-0.25, -0.2) is 4.79 Å². The van der Waals surface area contributed by atoms with Gasteiger partial charge in [-0.15, -0.1) is 0 Å². The first-order valence-corrected chi connectivity index (χ1v) is 4.66. The number of halogens is 3. The van der Waals surface area contributed by atoms with Crippen LogP contribution in [0.15, 0.2) is 24.3 Å². The van der Waals surface area contributed by atoms with E-state index >= 15 is 0 Å². The van der Waals surface area contributed by atoms with Crippen LogP contribution in [0.2, 0.25) is 0 Å². The van der Waals surface area contributed by atoms with Gasteiger partial charge in [-0.2, -0.15) is 13.2 Å². The Kier molecular flexibility index (Phi) is 4.10. The van der Waals surface area contributed by atoms with E-state index in [1.807, 2.05) is 0 Å². The van der Waals surface area contributed by atoms with Gasteiger partial charge in [-0.05, 0) is 24.3 Å². The van der Waals surface area contributed by atoms with Crippen molar-refractivity contribution in [2.75, 3.05) is 7.11 Å². The number of ether oxygens (including phenoxy) is 1. The SMILES string of the molecule is COC(=O)C#Cc1ccc(C(=O)C(F)(F)F)cc1. The highest BCUT2D eigenvalue weighted by Crippen LogP contribution is 2.21. The second-order valence-electron chi connectivity index (χ2n) is 3.15. The van der Waals surface area contributed by atoms with E-state index in [-0.39, 0.29) is 0 Å². The lowest BCUT2D eigenvalue weighted by Gasteiger charge is -2.04. The van der Waals surface area contributed by atoms with Crippen LogP contribution in [0.5, 0.6) is 0 Å². The van der Waals surface area contributed by atoms with E-state index < -0.39 is 23.5 Å². The second kappa shape index (κ2) is 5.36. The van der Waals surface area contributed by atoms with Gasteiger partial charge in [0, 0.05) is 17.0 Å². The smallest absolute Gasteiger partial charge is 0.454 e. The minimum atomic E-state index is -4.90. The van der Waals surface area contributed by atoms with Crippen molar-refractivity contribution in [3.63, 3.8) is 0 Å². The summed E-state index contributed by atoms with van der Waals surface area (Å²) in [5, 5.41) is 0. The van der Waals surface area contributed by atoms with Gasteiger partial charge in [0.25, 0.3) is 5.78 Å². The van der Waals surface area contributed by atoms with E-state index in [4.69, 9.17) is 0 Å². The van der Waals surface area contributed by atoms with Gasteiger partial charge < -0.3 is 4.74 Å². The molecule has 0 aromatic heterocycles. The van der Waals surface area contributed by atoms with E-state index in [0.717, 1.165) is 19.2 Å². The van der Waals surface area contributed by atoms with Crippen molar-refractivity contribution >= 4 is 11.8 Å². The molecule has 0 bridgehead atoms. The first kappa shape index (κ1) is 13.8. The molecule has 0 unspecified atom stereocenters. The molecule has 94 valence electrons. The Bertz CT molecular complexity index is 518. The third-order valence-corrected chi connectivity index (χ3v) is 1.90. The van der Waals surface area contributed by atoms with Crippen molar-refractivity contribution in [1.29, 1.82) is 0 Å². The van der Waals surface area contributed by atoms with Crippen LogP contribution in [0.3, 0.4) is 0 Å². The summed E-state index contributed by atoms with van der Waals surface area (Å²) in [4.78, 5) is 21.5. The Morgan fingerprint density at radius 1 is 1.17 bits per heavy atom. The molecule has 1 rings (SSSR count). The zero-order valence-corrected chi connectivity index (χ0v) is 9.17. The molecule has 1 aromatic carbocycles. The lowest BCUT2D eigenvalue weighted by Crippen LogP contribution is -2.22. The Morgan fingerprint density at radius 2 is 1.72 bits per heavy atom. The Hall–Kier alpha value is -2.29. The summed E-state index contributed by atoms with van der Waals surface area (Å²) in [6.07, 6.45) is -4.90. The molecule has 3 nitrogen and oxygen atoms in total. The molecular formula is C12H7F3O3. The van der Waals surface area contributed by atoms with Crippen LogP contribution in [0.25, 0.3) is 0 Å². The lowest BCUT2D eigenvalue weighted by atomic mass is 10.1. The normalized spacial score (nSPS) is 10.2. The Balaban J connectivity index is 2.90.